The predicted molar refractivity (Wildman–Crippen MR) is 138 cm³/mol. The molecule has 11 heteroatoms. The van der Waals surface area contributed by atoms with E-state index in [0.717, 1.165) is 32.9 Å². The van der Waals surface area contributed by atoms with Crippen LogP contribution in [0.15, 0.2) is 56.5 Å². The molecule has 0 spiro atoms. The molecule has 0 fully saturated rings. The first-order valence-corrected chi connectivity index (χ1v) is 12.0. The lowest BCUT2D eigenvalue weighted by Crippen LogP contribution is -2.18. The Hall–Kier alpha value is -3.57. The predicted octanol–water partition coefficient (Wildman–Crippen LogP) is 6.06. The second-order valence-corrected chi connectivity index (χ2v) is 9.50. The van der Waals surface area contributed by atoms with E-state index in [2.05, 4.69) is 25.7 Å². The van der Waals surface area contributed by atoms with Crippen molar-refractivity contribution < 1.29 is 9.47 Å². The molecule has 2 aromatic heterocycles. The van der Waals surface area contributed by atoms with E-state index < -0.39 is 0 Å². The SMILES string of the molecule is COc1cc2sc(=O)n(C/C(C)=N/Nc3nc(C)c(N=Nc4ccc(C)cc4)s3)c2cc1OC. The van der Waals surface area contributed by atoms with Crippen LogP contribution < -0.4 is 19.8 Å². The molecule has 0 saturated heterocycles. The highest BCUT2D eigenvalue weighted by molar-refractivity contribution is 7.19. The lowest BCUT2D eigenvalue weighted by molar-refractivity contribution is 0.356. The molecule has 176 valence electrons. The number of rotatable bonds is 8. The van der Waals surface area contributed by atoms with Crippen LogP contribution in [0.2, 0.25) is 0 Å². The number of hydrazone groups is 1. The van der Waals surface area contributed by atoms with Crippen LogP contribution in [0.5, 0.6) is 11.5 Å². The summed E-state index contributed by atoms with van der Waals surface area (Å²) in [7, 11) is 3.14. The zero-order valence-electron chi connectivity index (χ0n) is 19.4. The molecule has 0 bridgehead atoms. The number of thiazole rings is 2. The zero-order chi connectivity index (χ0) is 24.2. The van der Waals surface area contributed by atoms with E-state index in [4.69, 9.17) is 9.47 Å². The molecule has 4 rings (SSSR count). The van der Waals surface area contributed by atoms with Crippen molar-refractivity contribution in [2.45, 2.75) is 27.3 Å². The number of azo groups is 1. The molecule has 34 heavy (non-hydrogen) atoms. The topological polar surface area (TPSA) is 102 Å². The van der Waals surface area contributed by atoms with Gasteiger partial charge in [0.15, 0.2) is 16.5 Å². The molecule has 0 saturated carbocycles. The highest BCUT2D eigenvalue weighted by Crippen LogP contribution is 2.34. The molecule has 0 aliphatic heterocycles. The zero-order valence-corrected chi connectivity index (χ0v) is 21.1. The van der Waals surface area contributed by atoms with Gasteiger partial charge in [0, 0.05) is 12.1 Å². The van der Waals surface area contributed by atoms with Gasteiger partial charge in [0.2, 0.25) is 5.13 Å². The van der Waals surface area contributed by atoms with Gasteiger partial charge in [0.05, 0.1) is 48.1 Å². The van der Waals surface area contributed by atoms with E-state index in [1.165, 1.54) is 16.9 Å². The van der Waals surface area contributed by atoms with Crippen molar-refractivity contribution in [3.05, 3.63) is 57.3 Å². The van der Waals surface area contributed by atoms with Crippen molar-refractivity contribution >= 4 is 54.4 Å². The average Bonchev–Trinajstić information content (AvgIpc) is 3.34. The first-order valence-electron chi connectivity index (χ1n) is 10.4. The summed E-state index contributed by atoms with van der Waals surface area (Å²) in [5, 5.41) is 14.3. The third kappa shape index (κ3) is 5.15. The third-order valence-corrected chi connectivity index (χ3v) is 6.85. The number of aromatic nitrogens is 2. The molecular formula is C23H24N6O3S2. The summed E-state index contributed by atoms with van der Waals surface area (Å²) in [4.78, 5) is 17.0. The number of hydrogen-bond acceptors (Lipinski definition) is 10. The Kier molecular flexibility index (Phi) is 7.03. The summed E-state index contributed by atoms with van der Waals surface area (Å²) in [5.41, 5.74) is 7.17. The number of aryl methyl sites for hydroxylation is 2. The summed E-state index contributed by atoms with van der Waals surface area (Å²) in [6.07, 6.45) is 0. The minimum atomic E-state index is -0.0799. The minimum absolute atomic E-state index is 0.0799. The van der Waals surface area contributed by atoms with Gasteiger partial charge in [-0.2, -0.15) is 5.10 Å². The van der Waals surface area contributed by atoms with Gasteiger partial charge < -0.3 is 9.47 Å². The van der Waals surface area contributed by atoms with E-state index >= 15 is 0 Å². The van der Waals surface area contributed by atoms with Crippen LogP contribution in [0.3, 0.4) is 0 Å². The quantitative estimate of drug-likeness (QED) is 0.182. The molecule has 0 atom stereocenters. The lowest BCUT2D eigenvalue weighted by atomic mass is 10.2. The average molecular weight is 497 g/mol. The second kappa shape index (κ2) is 10.1. The molecule has 0 unspecified atom stereocenters. The van der Waals surface area contributed by atoms with Crippen molar-refractivity contribution in [2.75, 3.05) is 19.6 Å². The Morgan fingerprint density at radius 3 is 2.47 bits per heavy atom. The molecule has 0 aliphatic carbocycles. The Labute approximate surface area is 204 Å². The number of nitrogens with one attached hydrogen (secondary N) is 1. The number of hydrogen-bond donors (Lipinski definition) is 1. The van der Waals surface area contributed by atoms with E-state index in [1.807, 2.05) is 57.2 Å². The van der Waals surface area contributed by atoms with Crippen LogP contribution in [0.25, 0.3) is 10.2 Å². The van der Waals surface area contributed by atoms with Crippen molar-refractivity contribution in [1.29, 1.82) is 0 Å². The first-order chi connectivity index (χ1) is 16.4. The van der Waals surface area contributed by atoms with E-state index in [1.54, 1.807) is 18.8 Å². The minimum Gasteiger partial charge on any atom is -0.493 e. The fourth-order valence-corrected chi connectivity index (χ4v) is 4.82. The monoisotopic (exact) mass is 496 g/mol. The van der Waals surface area contributed by atoms with E-state index in [-0.39, 0.29) is 4.87 Å². The van der Waals surface area contributed by atoms with Gasteiger partial charge in [-0.1, -0.05) is 40.4 Å². The Bertz CT molecular complexity index is 1430. The van der Waals surface area contributed by atoms with Crippen molar-refractivity contribution in [2.24, 2.45) is 15.3 Å². The number of benzene rings is 2. The highest BCUT2D eigenvalue weighted by atomic mass is 32.1. The van der Waals surface area contributed by atoms with E-state index in [0.29, 0.717) is 33.9 Å². The lowest BCUT2D eigenvalue weighted by Gasteiger charge is -2.09. The van der Waals surface area contributed by atoms with Gasteiger partial charge >= 0.3 is 4.87 Å². The maximum Gasteiger partial charge on any atom is 0.308 e. The third-order valence-electron chi connectivity index (χ3n) is 4.97. The van der Waals surface area contributed by atoms with Gasteiger partial charge in [-0.3, -0.25) is 14.8 Å². The Morgan fingerprint density at radius 2 is 1.76 bits per heavy atom. The second-order valence-electron chi connectivity index (χ2n) is 7.53. The van der Waals surface area contributed by atoms with Crippen LogP contribution in [-0.2, 0) is 6.54 Å². The van der Waals surface area contributed by atoms with Gasteiger partial charge in [0.25, 0.3) is 0 Å². The van der Waals surface area contributed by atoms with E-state index in [9.17, 15) is 4.79 Å². The smallest absolute Gasteiger partial charge is 0.308 e. The summed E-state index contributed by atoms with van der Waals surface area (Å²) < 4.78 is 13.2. The number of ether oxygens (including phenoxy) is 2. The van der Waals surface area contributed by atoms with Crippen LogP contribution in [0.4, 0.5) is 15.8 Å². The standard InChI is InChI=1S/C23H24N6O3S2/c1-13-6-8-16(9-7-13)26-27-21-15(3)24-22(34-21)28-25-14(2)12-29-17-10-18(31-4)19(32-5)11-20(17)33-23(29)30/h6-11H,12H2,1-5H3,(H,24,28)/b25-14+,27-26?. The summed E-state index contributed by atoms with van der Waals surface area (Å²) in [6, 6.07) is 11.4. The summed E-state index contributed by atoms with van der Waals surface area (Å²) in [5.74, 6) is 1.16. The number of fused-ring (bicyclic) bond motifs is 1. The van der Waals surface area contributed by atoms with Crippen LogP contribution in [0, 0.1) is 13.8 Å². The van der Waals surface area contributed by atoms with Crippen molar-refractivity contribution in [3.8, 4) is 11.5 Å². The van der Waals surface area contributed by atoms with Gasteiger partial charge in [-0.15, -0.1) is 10.2 Å². The van der Waals surface area contributed by atoms with Crippen LogP contribution >= 0.6 is 22.7 Å². The number of methoxy groups -OCH3 is 2. The molecule has 0 amide bonds. The van der Waals surface area contributed by atoms with Crippen molar-refractivity contribution in [3.63, 3.8) is 0 Å². The van der Waals surface area contributed by atoms with Gasteiger partial charge in [-0.05, 0) is 32.9 Å². The number of nitrogens with zero attached hydrogens (tertiary/aromatic N) is 5. The largest absolute Gasteiger partial charge is 0.493 e. The molecule has 4 aromatic rings. The fourth-order valence-electron chi connectivity index (χ4n) is 3.19. The molecule has 0 aliphatic rings. The molecular weight excluding hydrogens is 472 g/mol. The summed E-state index contributed by atoms with van der Waals surface area (Å²) in [6.45, 7) is 6.08. The summed E-state index contributed by atoms with van der Waals surface area (Å²) >= 11 is 2.52. The van der Waals surface area contributed by atoms with Crippen LogP contribution in [-0.4, -0.2) is 29.5 Å². The maximum atomic E-state index is 12.6. The van der Waals surface area contributed by atoms with Crippen molar-refractivity contribution in [1.82, 2.24) is 9.55 Å². The Balaban J connectivity index is 1.49. The maximum absolute atomic E-state index is 12.6. The normalized spacial score (nSPS) is 12.0. The molecule has 1 N–H and O–H groups in total. The van der Waals surface area contributed by atoms with Gasteiger partial charge in [-0.25, -0.2) is 4.98 Å². The number of anilines is 1. The molecule has 2 heterocycles. The van der Waals surface area contributed by atoms with Gasteiger partial charge in [0.1, 0.15) is 0 Å². The molecule has 2 aromatic carbocycles. The Morgan fingerprint density at radius 1 is 1.06 bits per heavy atom. The molecule has 0 radical (unpaired) electrons. The fraction of sp³-hybridized carbons (Fsp3) is 0.261. The highest BCUT2D eigenvalue weighted by Gasteiger charge is 2.14. The van der Waals surface area contributed by atoms with Crippen LogP contribution in [0.1, 0.15) is 18.2 Å². The molecule has 9 nitrogen and oxygen atoms in total. The first kappa shape index (κ1) is 23.6.